The van der Waals surface area contributed by atoms with Crippen molar-refractivity contribution in [1.82, 2.24) is 4.72 Å². The van der Waals surface area contributed by atoms with Crippen molar-refractivity contribution in [2.45, 2.75) is 51.0 Å². The van der Waals surface area contributed by atoms with Gasteiger partial charge in [0.15, 0.2) is 0 Å². The number of sulfonamides is 1. The molecule has 1 atom stereocenters. The molecule has 4 rings (SSSR count). The molecule has 1 amide bonds. The van der Waals surface area contributed by atoms with E-state index in [-0.39, 0.29) is 17.3 Å². The summed E-state index contributed by atoms with van der Waals surface area (Å²) < 4.78 is 28.4. The Hall–Kier alpha value is -2.38. The van der Waals surface area contributed by atoms with Crippen LogP contribution in [-0.2, 0) is 27.8 Å². The molecule has 0 saturated carbocycles. The first-order valence-electron chi connectivity index (χ1n) is 11.1. The van der Waals surface area contributed by atoms with E-state index in [1.807, 2.05) is 19.1 Å². The predicted octanol–water partition coefficient (Wildman–Crippen LogP) is 3.70. The minimum Gasteiger partial charge on any atom is -0.371 e. The van der Waals surface area contributed by atoms with E-state index in [9.17, 15) is 13.2 Å². The summed E-state index contributed by atoms with van der Waals surface area (Å²) in [6.45, 7) is 7.13. The van der Waals surface area contributed by atoms with Gasteiger partial charge in [-0.05, 0) is 66.6 Å². The van der Waals surface area contributed by atoms with E-state index in [1.165, 1.54) is 18.5 Å². The van der Waals surface area contributed by atoms with Gasteiger partial charge in [0, 0.05) is 44.0 Å². The first-order chi connectivity index (χ1) is 14.9. The molecule has 2 aliphatic heterocycles. The van der Waals surface area contributed by atoms with Crippen LogP contribution in [0.15, 0.2) is 47.4 Å². The Morgan fingerprint density at radius 3 is 2.61 bits per heavy atom. The van der Waals surface area contributed by atoms with Gasteiger partial charge in [0.05, 0.1) is 4.90 Å². The third-order valence-electron chi connectivity index (χ3n) is 6.29. The standard InChI is InChI=1S/C24H31N3O3S/c1-3-24(28)27-14-12-20-15-22(10-11-23(20)27)31(29,30)25-16-19-6-8-21(9-7-19)26-13-4-5-18(2)17-26/h6-11,15,18,25H,3-5,12-14,16-17H2,1-2H3/t18-/m0/s1. The molecule has 0 bridgehead atoms. The van der Waals surface area contributed by atoms with Crippen molar-refractivity contribution in [2.24, 2.45) is 5.92 Å². The fraction of sp³-hybridized carbons (Fsp3) is 0.458. The SMILES string of the molecule is CCC(=O)N1CCc2cc(S(=O)(=O)NCc3ccc(N4CCC[C@H](C)C4)cc3)ccc21. The van der Waals surface area contributed by atoms with Crippen LogP contribution in [0, 0.1) is 5.92 Å². The summed E-state index contributed by atoms with van der Waals surface area (Å²) in [5, 5.41) is 0. The number of nitrogens with one attached hydrogen (secondary N) is 1. The highest BCUT2D eigenvalue weighted by Gasteiger charge is 2.25. The lowest BCUT2D eigenvalue weighted by atomic mass is 9.99. The number of hydrogen-bond acceptors (Lipinski definition) is 4. The van der Waals surface area contributed by atoms with Gasteiger partial charge in [-0.2, -0.15) is 0 Å². The average Bonchev–Trinajstić information content (AvgIpc) is 3.21. The predicted molar refractivity (Wildman–Crippen MR) is 124 cm³/mol. The number of fused-ring (bicyclic) bond motifs is 1. The van der Waals surface area contributed by atoms with Crippen LogP contribution in [0.25, 0.3) is 0 Å². The summed E-state index contributed by atoms with van der Waals surface area (Å²) >= 11 is 0. The monoisotopic (exact) mass is 441 g/mol. The Balaban J connectivity index is 1.41. The highest BCUT2D eigenvalue weighted by atomic mass is 32.2. The van der Waals surface area contributed by atoms with Crippen LogP contribution in [0.4, 0.5) is 11.4 Å². The summed E-state index contributed by atoms with van der Waals surface area (Å²) in [6, 6.07) is 13.2. The highest BCUT2D eigenvalue weighted by Crippen LogP contribution is 2.30. The lowest BCUT2D eigenvalue weighted by Crippen LogP contribution is -2.34. The number of anilines is 2. The van der Waals surface area contributed by atoms with E-state index < -0.39 is 10.0 Å². The smallest absolute Gasteiger partial charge is 0.240 e. The van der Waals surface area contributed by atoms with Gasteiger partial charge in [-0.3, -0.25) is 4.79 Å². The quantitative estimate of drug-likeness (QED) is 0.742. The molecular formula is C24H31N3O3S. The van der Waals surface area contributed by atoms with Gasteiger partial charge in [-0.25, -0.2) is 13.1 Å². The van der Waals surface area contributed by atoms with Crippen LogP contribution in [0.2, 0.25) is 0 Å². The van der Waals surface area contributed by atoms with Crippen molar-refractivity contribution >= 4 is 27.3 Å². The number of benzene rings is 2. The van der Waals surface area contributed by atoms with Gasteiger partial charge in [0.25, 0.3) is 0 Å². The number of carbonyl (C=O) groups excluding carboxylic acids is 1. The van der Waals surface area contributed by atoms with Gasteiger partial charge in [0.2, 0.25) is 15.9 Å². The largest absolute Gasteiger partial charge is 0.371 e. The van der Waals surface area contributed by atoms with Gasteiger partial charge in [0.1, 0.15) is 0 Å². The van der Waals surface area contributed by atoms with E-state index in [0.29, 0.717) is 25.3 Å². The first-order valence-corrected chi connectivity index (χ1v) is 12.6. The van der Waals surface area contributed by atoms with Gasteiger partial charge in [-0.1, -0.05) is 26.0 Å². The van der Waals surface area contributed by atoms with E-state index in [2.05, 4.69) is 28.7 Å². The topological polar surface area (TPSA) is 69.7 Å². The Morgan fingerprint density at radius 2 is 1.90 bits per heavy atom. The molecular weight excluding hydrogens is 410 g/mol. The number of carbonyl (C=O) groups is 1. The van der Waals surface area contributed by atoms with Crippen LogP contribution in [0.5, 0.6) is 0 Å². The fourth-order valence-electron chi connectivity index (χ4n) is 4.51. The Labute approximate surface area is 185 Å². The van der Waals surface area contributed by atoms with Crippen molar-refractivity contribution in [3.63, 3.8) is 0 Å². The summed E-state index contributed by atoms with van der Waals surface area (Å²) in [5.74, 6) is 0.773. The normalized spacial score (nSPS) is 18.8. The van der Waals surface area contributed by atoms with Crippen molar-refractivity contribution in [1.29, 1.82) is 0 Å². The highest BCUT2D eigenvalue weighted by molar-refractivity contribution is 7.89. The maximum Gasteiger partial charge on any atom is 0.240 e. The number of piperidine rings is 1. The molecule has 2 heterocycles. The molecule has 0 spiro atoms. The molecule has 0 aromatic heterocycles. The zero-order valence-electron chi connectivity index (χ0n) is 18.3. The summed E-state index contributed by atoms with van der Waals surface area (Å²) in [5.41, 5.74) is 3.86. The van der Waals surface area contributed by atoms with Crippen LogP contribution >= 0.6 is 0 Å². The Bertz CT molecular complexity index is 1050. The summed E-state index contributed by atoms with van der Waals surface area (Å²) in [6.07, 6.45) is 3.62. The maximum absolute atomic E-state index is 12.8. The molecule has 2 aromatic carbocycles. The van der Waals surface area contributed by atoms with E-state index in [4.69, 9.17) is 0 Å². The third kappa shape index (κ3) is 4.77. The average molecular weight is 442 g/mol. The molecule has 0 radical (unpaired) electrons. The zero-order valence-corrected chi connectivity index (χ0v) is 19.1. The molecule has 1 saturated heterocycles. The lowest BCUT2D eigenvalue weighted by molar-refractivity contribution is -0.118. The Kier molecular flexibility index (Phi) is 6.34. The summed E-state index contributed by atoms with van der Waals surface area (Å²) in [4.78, 5) is 16.4. The lowest BCUT2D eigenvalue weighted by Gasteiger charge is -2.32. The fourth-order valence-corrected chi connectivity index (χ4v) is 5.57. The number of nitrogens with zero attached hydrogens (tertiary/aromatic N) is 2. The second-order valence-corrected chi connectivity index (χ2v) is 10.4. The van der Waals surface area contributed by atoms with Crippen LogP contribution in [0.3, 0.4) is 0 Å². The van der Waals surface area contributed by atoms with Crippen LogP contribution < -0.4 is 14.5 Å². The second kappa shape index (κ2) is 9.01. The minimum atomic E-state index is -3.63. The second-order valence-electron chi connectivity index (χ2n) is 8.62. The van der Waals surface area contributed by atoms with Crippen molar-refractivity contribution < 1.29 is 13.2 Å². The van der Waals surface area contributed by atoms with Crippen LogP contribution in [-0.4, -0.2) is 34.0 Å². The molecule has 2 aliphatic rings. The first kappa shape index (κ1) is 21.8. The molecule has 7 heteroatoms. The molecule has 1 N–H and O–H groups in total. The minimum absolute atomic E-state index is 0.0648. The third-order valence-corrected chi connectivity index (χ3v) is 7.68. The molecule has 0 unspecified atom stereocenters. The maximum atomic E-state index is 12.8. The molecule has 6 nitrogen and oxygen atoms in total. The van der Waals surface area contributed by atoms with E-state index >= 15 is 0 Å². The molecule has 0 aliphatic carbocycles. The Morgan fingerprint density at radius 1 is 1.13 bits per heavy atom. The van der Waals surface area contributed by atoms with Gasteiger partial charge >= 0.3 is 0 Å². The number of rotatable bonds is 6. The van der Waals surface area contributed by atoms with Gasteiger partial charge in [-0.15, -0.1) is 0 Å². The number of hydrogen-bond donors (Lipinski definition) is 1. The van der Waals surface area contributed by atoms with E-state index in [0.717, 1.165) is 29.9 Å². The molecule has 1 fully saturated rings. The molecule has 31 heavy (non-hydrogen) atoms. The molecule has 166 valence electrons. The summed E-state index contributed by atoms with van der Waals surface area (Å²) in [7, 11) is -3.63. The number of amides is 1. The van der Waals surface area contributed by atoms with Gasteiger partial charge < -0.3 is 9.80 Å². The van der Waals surface area contributed by atoms with Crippen molar-refractivity contribution in [2.75, 3.05) is 29.4 Å². The van der Waals surface area contributed by atoms with E-state index in [1.54, 1.807) is 23.1 Å². The van der Waals surface area contributed by atoms with Crippen LogP contribution in [0.1, 0.15) is 44.2 Å². The zero-order chi connectivity index (χ0) is 22.0. The van der Waals surface area contributed by atoms with Crippen molar-refractivity contribution in [3.8, 4) is 0 Å². The molecule has 2 aromatic rings. The van der Waals surface area contributed by atoms with Crippen molar-refractivity contribution in [3.05, 3.63) is 53.6 Å².